The topological polar surface area (TPSA) is 121 Å². The Kier molecular flexibility index (Phi) is 6.68. The van der Waals surface area contributed by atoms with Gasteiger partial charge in [-0.3, -0.25) is 10.1 Å². The first-order chi connectivity index (χ1) is 14.2. The van der Waals surface area contributed by atoms with Crippen LogP contribution in [0.25, 0.3) is 5.13 Å². The van der Waals surface area contributed by atoms with Gasteiger partial charge in [0.1, 0.15) is 0 Å². The van der Waals surface area contributed by atoms with E-state index in [0.717, 1.165) is 17.0 Å². The van der Waals surface area contributed by atoms with Crippen molar-refractivity contribution in [3.63, 3.8) is 0 Å². The molecule has 0 aliphatic carbocycles. The lowest BCUT2D eigenvalue weighted by molar-refractivity contribution is 0.0626. The van der Waals surface area contributed by atoms with Gasteiger partial charge < -0.3 is 13.9 Å². The Bertz CT molecular complexity index is 1110. The fourth-order valence-corrected chi connectivity index (χ4v) is 3.72. The van der Waals surface area contributed by atoms with Gasteiger partial charge in [-0.15, -0.1) is 10.2 Å². The van der Waals surface area contributed by atoms with Crippen LogP contribution in [0.5, 0.6) is 5.75 Å². The van der Waals surface area contributed by atoms with Gasteiger partial charge in [-0.1, -0.05) is 25.2 Å². The molecule has 10 nitrogen and oxygen atoms in total. The summed E-state index contributed by atoms with van der Waals surface area (Å²) < 4.78 is 17.8. The third-order valence-electron chi connectivity index (χ3n) is 3.88. The number of anilines is 1. The van der Waals surface area contributed by atoms with E-state index in [-0.39, 0.29) is 28.7 Å². The zero-order chi connectivity index (χ0) is 21.9. The Balaban J connectivity index is 1.72. The predicted molar refractivity (Wildman–Crippen MR) is 114 cm³/mol. The molecule has 0 unspecified atom stereocenters. The van der Waals surface area contributed by atoms with Crippen molar-refractivity contribution in [1.82, 2.24) is 20.0 Å². The Hall–Kier alpha value is -2.57. The first-order valence-corrected chi connectivity index (χ1v) is 10.4. The molecule has 0 radical (unpaired) electrons. The summed E-state index contributed by atoms with van der Waals surface area (Å²) in [5.41, 5.74) is -0.199. The number of nitrogens with one attached hydrogen (secondary N) is 1. The molecule has 0 aliphatic heterocycles. The predicted octanol–water partition coefficient (Wildman–Crippen LogP) is 3.05. The number of carbonyl (C=O) groups excluding carboxylic acids is 1. The molecule has 0 atom stereocenters. The molecule has 0 fully saturated rings. The quantitative estimate of drug-likeness (QED) is 0.503. The van der Waals surface area contributed by atoms with Crippen LogP contribution in [-0.4, -0.2) is 46.2 Å². The summed E-state index contributed by atoms with van der Waals surface area (Å²) in [5, 5.41) is 15.4. The zero-order valence-corrected chi connectivity index (χ0v) is 19.2. The second-order valence-electron chi connectivity index (χ2n) is 7.19. The lowest BCUT2D eigenvalue weighted by Crippen LogP contribution is -2.28. The fourth-order valence-electron chi connectivity index (χ4n) is 2.47. The third kappa shape index (κ3) is 5.12. The summed E-state index contributed by atoms with van der Waals surface area (Å²) in [4.78, 5) is 24.8. The van der Waals surface area contributed by atoms with Gasteiger partial charge in [-0.05, 0) is 28.9 Å². The lowest BCUT2D eigenvalue weighted by atomic mass is 9.96. The van der Waals surface area contributed by atoms with Crippen LogP contribution in [0, 0.1) is 12.3 Å². The van der Waals surface area contributed by atoms with E-state index in [1.165, 1.54) is 6.07 Å². The molecule has 0 saturated heterocycles. The largest absolute Gasteiger partial charge is 0.485 e. The van der Waals surface area contributed by atoms with E-state index < -0.39 is 11.5 Å². The molecule has 0 bridgehead atoms. The van der Waals surface area contributed by atoms with Gasteiger partial charge in [-0.25, -0.2) is 9.48 Å². The van der Waals surface area contributed by atoms with Crippen molar-refractivity contribution in [2.45, 2.75) is 20.8 Å². The van der Waals surface area contributed by atoms with Crippen molar-refractivity contribution in [3.05, 3.63) is 44.7 Å². The Morgan fingerprint density at radius 2 is 2.13 bits per heavy atom. The standard InChI is InChI=1S/C18H20BrN5O5S/c1-10-5-6-20-24(10)17-23-22-16(30-17)21-14(25)12-7-11(19)13(15(26)29-12)28-9-18(2,3)8-27-4/h5-7H,8-9H2,1-4H3,(H,21,22,25). The van der Waals surface area contributed by atoms with E-state index in [4.69, 9.17) is 13.9 Å². The maximum atomic E-state index is 12.5. The van der Waals surface area contributed by atoms with E-state index in [1.807, 2.05) is 26.8 Å². The van der Waals surface area contributed by atoms with Crippen LogP contribution in [-0.2, 0) is 4.74 Å². The van der Waals surface area contributed by atoms with Crippen LogP contribution in [0.1, 0.15) is 30.1 Å². The zero-order valence-electron chi connectivity index (χ0n) is 16.8. The number of hydrogen-bond acceptors (Lipinski definition) is 9. The van der Waals surface area contributed by atoms with Crippen molar-refractivity contribution in [3.8, 4) is 10.9 Å². The number of methoxy groups -OCH3 is 1. The molecule has 0 aliphatic rings. The minimum Gasteiger partial charge on any atom is -0.485 e. The summed E-state index contributed by atoms with van der Waals surface area (Å²) in [6, 6.07) is 3.20. The second kappa shape index (κ2) is 9.06. The van der Waals surface area contributed by atoms with Gasteiger partial charge in [0.15, 0.2) is 5.76 Å². The van der Waals surface area contributed by atoms with E-state index in [9.17, 15) is 9.59 Å². The highest BCUT2D eigenvalue weighted by molar-refractivity contribution is 9.10. The van der Waals surface area contributed by atoms with Crippen molar-refractivity contribution in [2.75, 3.05) is 25.6 Å². The lowest BCUT2D eigenvalue weighted by Gasteiger charge is -2.23. The van der Waals surface area contributed by atoms with Crippen LogP contribution in [0.4, 0.5) is 5.13 Å². The summed E-state index contributed by atoms with van der Waals surface area (Å²) in [7, 11) is 1.59. The molecule has 0 aromatic carbocycles. The Morgan fingerprint density at radius 1 is 1.37 bits per heavy atom. The van der Waals surface area contributed by atoms with Crippen molar-refractivity contribution >= 4 is 38.3 Å². The van der Waals surface area contributed by atoms with Crippen LogP contribution >= 0.6 is 27.3 Å². The summed E-state index contributed by atoms with van der Waals surface area (Å²) in [6.45, 7) is 6.44. The van der Waals surface area contributed by atoms with Gasteiger partial charge in [0.25, 0.3) is 5.91 Å². The van der Waals surface area contributed by atoms with E-state index in [0.29, 0.717) is 16.2 Å². The molecule has 3 heterocycles. The molecule has 3 aromatic heterocycles. The SMILES string of the molecule is COCC(C)(C)COc1c(Br)cc(C(=O)Nc2nnc(-n3nccc3C)s2)oc1=O. The molecule has 1 amide bonds. The van der Waals surface area contributed by atoms with Crippen LogP contribution in [0.2, 0.25) is 0 Å². The molecular formula is C18H20BrN5O5S. The minimum absolute atomic E-state index is 0.0110. The molecule has 1 N–H and O–H groups in total. The molecular weight excluding hydrogens is 478 g/mol. The van der Waals surface area contributed by atoms with Gasteiger partial charge in [0.2, 0.25) is 16.0 Å². The molecule has 12 heteroatoms. The molecule has 0 saturated carbocycles. The Morgan fingerprint density at radius 3 is 2.77 bits per heavy atom. The number of halogens is 1. The average Bonchev–Trinajstić information content (AvgIpc) is 3.29. The summed E-state index contributed by atoms with van der Waals surface area (Å²) >= 11 is 4.40. The Labute approximate surface area is 184 Å². The number of hydrogen-bond donors (Lipinski definition) is 1. The van der Waals surface area contributed by atoms with Crippen LogP contribution in [0.3, 0.4) is 0 Å². The monoisotopic (exact) mass is 497 g/mol. The maximum Gasteiger partial charge on any atom is 0.380 e. The number of nitrogens with zero attached hydrogens (tertiary/aromatic N) is 4. The minimum atomic E-state index is -0.770. The highest BCUT2D eigenvalue weighted by Gasteiger charge is 2.23. The fraction of sp³-hybridized carbons (Fsp3) is 0.389. The second-order valence-corrected chi connectivity index (χ2v) is 9.00. The number of carbonyl (C=O) groups is 1. The molecule has 0 spiro atoms. The molecule has 3 aromatic rings. The molecule has 3 rings (SSSR count). The van der Waals surface area contributed by atoms with Crippen molar-refractivity contribution in [1.29, 1.82) is 0 Å². The maximum absolute atomic E-state index is 12.5. The average molecular weight is 498 g/mol. The summed E-state index contributed by atoms with van der Waals surface area (Å²) in [5.74, 6) is -0.843. The van der Waals surface area contributed by atoms with Crippen LogP contribution < -0.4 is 15.7 Å². The van der Waals surface area contributed by atoms with Crippen LogP contribution in [0.15, 0.2) is 32.0 Å². The van der Waals surface area contributed by atoms with E-state index >= 15 is 0 Å². The van der Waals surface area contributed by atoms with Gasteiger partial charge in [-0.2, -0.15) is 5.10 Å². The normalized spacial score (nSPS) is 11.5. The third-order valence-corrected chi connectivity index (χ3v) is 5.28. The smallest absolute Gasteiger partial charge is 0.380 e. The number of rotatable bonds is 8. The first kappa shape index (κ1) is 22.1. The number of ether oxygens (including phenoxy) is 2. The highest BCUT2D eigenvalue weighted by Crippen LogP contribution is 2.26. The first-order valence-electron chi connectivity index (χ1n) is 8.81. The highest BCUT2D eigenvalue weighted by atomic mass is 79.9. The number of amides is 1. The van der Waals surface area contributed by atoms with E-state index in [2.05, 4.69) is 36.5 Å². The number of aryl methyl sites for hydroxylation is 1. The van der Waals surface area contributed by atoms with E-state index in [1.54, 1.807) is 18.0 Å². The van der Waals surface area contributed by atoms with Gasteiger partial charge >= 0.3 is 5.63 Å². The van der Waals surface area contributed by atoms with Crippen molar-refractivity contribution < 1.29 is 18.7 Å². The molecule has 30 heavy (non-hydrogen) atoms. The van der Waals surface area contributed by atoms with Crippen molar-refractivity contribution in [2.24, 2.45) is 5.41 Å². The summed E-state index contributed by atoms with van der Waals surface area (Å²) in [6.07, 6.45) is 1.64. The van der Waals surface area contributed by atoms with Gasteiger partial charge in [0.05, 0.1) is 17.7 Å². The molecule has 160 valence electrons. The number of aromatic nitrogens is 4. The van der Waals surface area contributed by atoms with Gasteiger partial charge in [0, 0.05) is 30.5 Å².